The number of hydrogen-bond acceptors (Lipinski definition) is 5. The SMILES string of the molecule is CCOCn1cc(NC(=O)CCCCCN2C(=O)c3ccccc3C2=O)cn1. The molecule has 2 heterocycles. The zero-order valence-corrected chi connectivity index (χ0v) is 15.9. The largest absolute Gasteiger partial charge is 0.360 e. The lowest BCUT2D eigenvalue weighted by Gasteiger charge is -2.13. The fourth-order valence-corrected chi connectivity index (χ4v) is 3.08. The molecule has 8 heteroatoms. The highest BCUT2D eigenvalue weighted by Gasteiger charge is 2.34. The summed E-state index contributed by atoms with van der Waals surface area (Å²) in [6.45, 7) is 3.23. The average Bonchev–Trinajstić information content (AvgIpc) is 3.24. The molecule has 1 aromatic heterocycles. The number of amides is 3. The second kappa shape index (κ2) is 9.27. The van der Waals surface area contributed by atoms with Gasteiger partial charge in [0.2, 0.25) is 5.91 Å². The number of anilines is 1. The maximum Gasteiger partial charge on any atom is 0.261 e. The van der Waals surface area contributed by atoms with Crippen molar-refractivity contribution in [1.82, 2.24) is 14.7 Å². The van der Waals surface area contributed by atoms with Crippen LogP contribution in [0.4, 0.5) is 5.69 Å². The van der Waals surface area contributed by atoms with Crippen LogP contribution in [0.1, 0.15) is 53.3 Å². The first-order valence-electron chi connectivity index (χ1n) is 9.45. The summed E-state index contributed by atoms with van der Waals surface area (Å²) in [6.07, 6.45) is 5.78. The van der Waals surface area contributed by atoms with Crippen LogP contribution in [0.3, 0.4) is 0 Å². The molecule has 1 N–H and O–H groups in total. The van der Waals surface area contributed by atoms with Crippen LogP contribution in [0.25, 0.3) is 0 Å². The standard InChI is InChI=1S/C20H24N4O4/c1-2-28-14-23-13-15(12-21-23)22-18(25)10-4-3-7-11-24-19(26)16-8-5-6-9-17(16)20(24)27/h5-6,8-9,12-13H,2-4,7,10-11,14H2,1H3,(H,22,25). The van der Waals surface area contributed by atoms with Gasteiger partial charge in [-0.15, -0.1) is 0 Å². The van der Waals surface area contributed by atoms with E-state index in [4.69, 9.17) is 4.74 Å². The van der Waals surface area contributed by atoms with Crippen LogP contribution in [0.15, 0.2) is 36.7 Å². The van der Waals surface area contributed by atoms with Gasteiger partial charge in [0, 0.05) is 19.6 Å². The van der Waals surface area contributed by atoms with Gasteiger partial charge in [-0.1, -0.05) is 18.6 Å². The second-order valence-corrected chi connectivity index (χ2v) is 6.56. The van der Waals surface area contributed by atoms with E-state index in [1.54, 1.807) is 41.3 Å². The monoisotopic (exact) mass is 384 g/mol. The Morgan fingerprint density at radius 1 is 1.11 bits per heavy atom. The number of unbranched alkanes of at least 4 members (excludes halogenated alkanes) is 2. The van der Waals surface area contributed by atoms with Crippen molar-refractivity contribution < 1.29 is 19.1 Å². The lowest BCUT2D eigenvalue weighted by atomic mass is 10.1. The third-order valence-corrected chi connectivity index (χ3v) is 4.51. The highest BCUT2D eigenvalue weighted by molar-refractivity contribution is 6.21. The molecule has 3 amide bonds. The molecule has 1 aliphatic heterocycles. The van der Waals surface area contributed by atoms with Crippen molar-refractivity contribution in [3.05, 3.63) is 47.8 Å². The Balaban J connectivity index is 1.35. The van der Waals surface area contributed by atoms with Crippen LogP contribution < -0.4 is 5.32 Å². The van der Waals surface area contributed by atoms with Crippen molar-refractivity contribution >= 4 is 23.4 Å². The van der Waals surface area contributed by atoms with Crippen molar-refractivity contribution in [2.75, 3.05) is 18.5 Å². The van der Waals surface area contributed by atoms with E-state index in [0.29, 0.717) is 56.0 Å². The molecule has 8 nitrogen and oxygen atoms in total. The second-order valence-electron chi connectivity index (χ2n) is 6.56. The number of nitrogens with one attached hydrogen (secondary N) is 1. The van der Waals surface area contributed by atoms with E-state index in [2.05, 4.69) is 10.4 Å². The molecule has 148 valence electrons. The molecule has 0 atom stereocenters. The molecular weight excluding hydrogens is 360 g/mol. The molecule has 0 radical (unpaired) electrons. The summed E-state index contributed by atoms with van der Waals surface area (Å²) in [5, 5.41) is 6.90. The highest BCUT2D eigenvalue weighted by Crippen LogP contribution is 2.22. The summed E-state index contributed by atoms with van der Waals surface area (Å²) < 4.78 is 6.86. The van der Waals surface area contributed by atoms with Crippen LogP contribution in [0, 0.1) is 0 Å². The van der Waals surface area contributed by atoms with Gasteiger partial charge in [-0.2, -0.15) is 5.10 Å². The predicted molar refractivity (Wildman–Crippen MR) is 103 cm³/mol. The fourth-order valence-electron chi connectivity index (χ4n) is 3.08. The fraction of sp³-hybridized carbons (Fsp3) is 0.400. The molecule has 1 aliphatic rings. The van der Waals surface area contributed by atoms with Gasteiger partial charge in [0.15, 0.2) is 0 Å². The van der Waals surface area contributed by atoms with Gasteiger partial charge >= 0.3 is 0 Å². The quantitative estimate of drug-likeness (QED) is 0.502. The predicted octanol–water partition coefficient (Wildman–Crippen LogP) is 2.67. The first kappa shape index (κ1) is 19.8. The van der Waals surface area contributed by atoms with Gasteiger partial charge in [0.25, 0.3) is 11.8 Å². The van der Waals surface area contributed by atoms with E-state index in [1.165, 1.54) is 4.90 Å². The van der Waals surface area contributed by atoms with Gasteiger partial charge in [-0.25, -0.2) is 4.68 Å². The van der Waals surface area contributed by atoms with Crippen molar-refractivity contribution in [3.8, 4) is 0 Å². The number of benzene rings is 1. The normalized spacial score (nSPS) is 13.1. The molecule has 0 fully saturated rings. The Bertz CT molecular complexity index is 826. The molecule has 0 aliphatic carbocycles. The molecule has 0 saturated carbocycles. The lowest BCUT2D eigenvalue weighted by molar-refractivity contribution is -0.116. The summed E-state index contributed by atoms with van der Waals surface area (Å²) in [4.78, 5) is 37.8. The van der Waals surface area contributed by atoms with Crippen LogP contribution >= 0.6 is 0 Å². The Morgan fingerprint density at radius 3 is 2.50 bits per heavy atom. The maximum absolute atomic E-state index is 12.3. The molecule has 0 unspecified atom stereocenters. The summed E-state index contributed by atoms with van der Waals surface area (Å²) in [7, 11) is 0. The number of carbonyl (C=O) groups excluding carboxylic acids is 3. The summed E-state index contributed by atoms with van der Waals surface area (Å²) in [5.74, 6) is -0.554. The van der Waals surface area contributed by atoms with E-state index in [-0.39, 0.29) is 17.7 Å². The molecule has 0 spiro atoms. The highest BCUT2D eigenvalue weighted by atomic mass is 16.5. The Labute approximate surface area is 163 Å². The van der Waals surface area contributed by atoms with E-state index in [0.717, 1.165) is 6.42 Å². The first-order chi connectivity index (χ1) is 13.6. The molecule has 1 aromatic carbocycles. The summed E-state index contributed by atoms with van der Waals surface area (Å²) in [6, 6.07) is 6.87. The van der Waals surface area contributed by atoms with Gasteiger partial charge in [0.1, 0.15) is 6.73 Å². The van der Waals surface area contributed by atoms with Crippen molar-refractivity contribution in [2.45, 2.75) is 39.3 Å². The van der Waals surface area contributed by atoms with Crippen LogP contribution in [0.5, 0.6) is 0 Å². The Morgan fingerprint density at radius 2 is 1.82 bits per heavy atom. The smallest absolute Gasteiger partial charge is 0.261 e. The molecule has 3 rings (SSSR count). The zero-order chi connectivity index (χ0) is 19.9. The molecular formula is C20H24N4O4. The van der Waals surface area contributed by atoms with Gasteiger partial charge in [-0.3, -0.25) is 19.3 Å². The average molecular weight is 384 g/mol. The lowest BCUT2D eigenvalue weighted by Crippen LogP contribution is -2.30. The number of hydrogen-bond donors (Lipinski definition) is 1. The van der Waals surface area contributed by atoms with Crippen molar-refractivity contribution in [1.29, 1.82) is 0 Å². The molecule has 2 aromatic rings. The number of aromatic nitrogens is 2. The van der Waals surface area contributed by atoms with Crippen molar-refractivity contribution in [2.24, 2.45) is 0 Å². The van der Waals surface area contributed by atoms with E-state index < -0.39 is 0 Å². The number of carbonyl (C=O) groups is 3. The van der Waals surface area contributed by atoms with Crippen LogP contribution in [0.2, 0.25) is 0 Å². The van der Waals surface area contributed by atoms with E-state index in [1.807, 2.05) is 6.92 Å². The van der Waals surface area contributed by atoms with Gasteiger partial charge < -0.3 is 10.1 Å². The van der Waals surface area contributed by atoms with E-state index in [9.17, 15) is 14.4 Å². The zero-order valence-electron chi connectivity index (χ0n) is 15.9. The summed E-state index contributed by atoms with van der Waals surface area (Å²) in [5.41, 5.74) is 1.57. The minimum absolute atomic E-state index is 0.0864. The van der Waals surface area contributed by atoms with Crippen molar-refractivity contribution in [3.63, 3.8) is 0 Å². The van der Waals surface area contributed by atoms with E-state index >= 15 is 0 Å². The number of fused-ring (bicyclic) bond motifs is 1. The third kappa shape index (κ3) is 4.64. The number of nitrogens with zero attached hydrogens (tertiary/aromatic N) is 3. The number of imide groups is 1. The molecule has 0 saturated heterocycles. The Hall–Kier alpha value is -3.00. The van der Waals surface area contributed by atoms with Crippen LogP contribution in [-0.2, 0) is 16.3 Å². The number of ether oxygens (including phenoxy) is 1. The van der Waals surface area contributed by atoms with Crippen LogP contribution in [-0.4, -0.2) is 45.6 Å². The Kier molecular flexibility index (Phi) is 6.54. The van der Waals surface area contributed by atoms with Gasteiger partial charge in [-0.05, 0) is 31.9 Å². The minimum atomic E-state index is -0.234. The minimum Gasteiger partial charge on any atom is -0.360 e. The first-order valence-corrected chi connectivity index (χ1v) is 9.45. The summed E-state index contributed by atoms with van der Waals surface area (Å²) >= 11 is 0. The molecule has 0 bridgehead atoms. The maximum atomic E-state index is 12.3. The number of rotatable bonds is 10. The molecule has 28 heavy (non-hydrogen) atoms. The third-order valence-electron chi connectivity index (χ3n) is 4.51. The topological polar surface area (TPSA) is 93.5 Å². The van der Waals surface area contributed by atoms with Gasteiger partial charge in [0.05, 0.1) is 29.2 Å².